The Kier molecular flexibility index (Phi) is 7.22. The van der Waals surface area contributed by atoms with Crippen LogP contribution in [0.1, 0.15) is 47.6 Å². The van der Waals surface area contributed by atoms with Crippen LogP contribution in [0.15, 0.2) is 42.5 Å². The molecule has 3 heterocycles. The molecule has 1 fully saturated rings. The maximum absolute atomic E-state index is 12.8. The average Bonchev–Trinajstić information content (AvgIpc) is 2.97. The van der Waals surface area contributed by atoms with E-state index >= 15 is 0 Å². The van der Waals surface area contributed by atoms with E-state index in [1.54, 1.807) is 0 Å². The minimum absolute atomic E-state index is 0.0124. The lowest BCUT2D eigenvalue weighted by Crippen LogP contribution is -2.58. The first-order valence-corrected chi connectivity index (χ1v) is 13.6. The number of hydrogen-bond donors (Lipinski definition) is 8. The van der Waals surface area contributed by atoms with Crippen molar-refractivity contribution in [3.05, 3.63) is 64.7 Å². The van der Waals surface area contributed by atoms with E-state index in [9.17, 15) is 45.6 Å². The zero-order valence-corrected chi connectivity index (χ0v) is 22.7. The van der Waals surface area contributed by atoms with E-state index < -0.39 is 66.3 Å². The van der Waals surface area contributed by atoms with Gasteiger partial charge in [0.2, 0.25) is 0 Å². The monoisotopic (exact) mass is 598 g/mol. The molecular weight excluding hydrogens is 568 g/mol. The van der Waals surface area contributed by atoms with Crippen molar-refractivity contribution in [3.8, 4) is 40.2 Å². The van der Waals surface area contributed by atoms with E-state index in [-0.39, 0.29) is 47.2 Å². The molecule has 3 aromatic carbocycles. The van der Waals surface area contributed by atoms with Crippen LogP contribution in [0.25, 0.3) is 0 Å². The van der Waals surface area contributed by atoms with Crippen molar-refractivity contribution in [2.24, 2.45) is 0 Å². The number of fused-ring (bicyclic) bond motifs is 3. The molecule has 8 atom stereocenters. The van der Waals surface area contributed by atoms with E-state index in [4.69, 9.17) is 18.9 Å². The summed E-state index contributed by atoms with van der Waals surface area (Å²) in [5, 5.41) is 82.1. The molecule has 1 saturated heterocycles. The number of carbonyl (C=O) groups is 1. The average molecular weight is 599 g/mol. The SMILES string of the molecule is CC1OC(OC2Cc3c(cc(O)c4c3OC(=O)CC4c3ccc(O)c(O)c3)OC2c2ccc(O)c(O)c2)C(O)C(O)C1O. The van der Waals surface area contributed by atoms with Crippen LogP contribution >= 0.6 is 0 Å². The largest absolute Gasteiger partial charge is 0.507 e. The zero-order chi connectivity index (χ0) is 30.7. The lowest BCUT2D eigenvalue weighted by atomic mass is 9.82. The Labute approximate surface area is 244 Å². The quantitative estimate of drug-likeness (QED) is 0.122. The normalized spacial score (nSPS) is 30.1. The van der Waals surface area contributed by atoms with Crippen LogP contribution in [0.3, 0.4) is 0 Å². The highest BCUT2D eigenvalue weighted by molar-refractivity contribution is 5.80. The number of phenols is 5. The molecule has 0 bridgehead atoms. The predicted octanol–water partition coefficient (Wildman–Crippen LogP) is 1.54. The maximum Gasteiger partial charge on any atom is 0.312 e. The molecule has 0 radical (unpaired) electrons. The van der Waals surface area contributed by atoms with Crippen molar-refractivity contribution in [1.82, 2.24) is 0 Å². The Balaban J connectivity index is 1.43. The molecule has 0 aliphatic carbocycles. The van der Waals surface area contributed by atoms with Gasteiger partial charge in [0.1, 0.15) is 41.7 Å². The third-order valence-corrected chi connectivity index (χ3v) is 8.14. The summed E-state index contributed by atoms with van der Waals surface area (Å²) in [5.41, 5.74) is 1.35. The fourth-order valence-corrected chi connectivity index (χ4v) is 5.84. The van der Waals surface area contributed by atoms with Gasteiger partial charge >= 0.3 is 5.97 Å². The van der Waals surface area contributed by atoms with E-state index in [2.05, 4.69) is 0 Å². The summed E-state index contributed by atoms with van der Waals surface area (Å²) < 4.78 is 23.7. The number of aromatic hydroxyl groups is 5. The molecule has 13 heteroatoms. The topological polar surface area (TPSA) is 216 Å². The molecule has 6 rings (SSSR count). The van der Waals surface area contributed by atoms with Crippen molar-refractivity contribution in [3.63, 3.8) is 0 Å². The molecule has 0 amide bonds. The van der Waals surface area contributed by atoms with Crippen molar-refractivity contribution < 1.29 is 64.6 Å². The van der Waals surface area contributed by atoms with E-state index in [1.807, 2.05) is 0 Å². The van der Waals surface area contributed by atoms with Crippen LogP contribution in [-0.2, 0) is 20.7 Å². The van der Waals surface area contributed by atoms with Crippen LogP contribution in [-0.4, -0.2) is 83.6 Å². The summed E-state index contributed by atoms with van der Waals surface area (Å²) in [6, 6.07) is 9.40. The molecule has 228 valence electrons. The Bertz CT molecular complexity index is 1570. The second-order valence-electron chi connectivity index (χ2n) is 10.9. The Morgan fingerprint density at radius 2 is 1.42 bits per heavy atom. The summed E-state index contributed by atoms with van der Waals surface area (Å²) in [6.45, 7) is 1.50. The highest BCUT2D eigenvalue weighted by atomic mass is 16.7. The van der Waals surface area contributed by atoms with Crippen LogP contribution in [0.5, 0.6) is 40.2 Å². The minimum atomic E-state index is -1.64. The first-order valence-electron chi connectivity index (χ1n) is 13.6. The van der Waals surface area contributed by atoms with Crippen LogP contribution in [0.4, 0.5) is 0 Å². The molecule has 0 spiro atoms. The highest BCUT2D eigenvalue weighted by Gasteiger charge is 2.46. The standard InChI is InChI=1S/C30H30O13/c1-11-25(37)26(38)27(39)30(40-11)42-22-8-15-21(41-28(22)13-3-5-17(32)19(34)7-13)10-20(35)24-14(9-23(36)43-29(15)24)12-2-4-16(31)18(33)6-12/h2-7,10-11,14,22,25-28,30-35,37-39H,8-9H2,1H3. The molecule has 0 aromatic heterocycles. The summed E-state index contributed by atoms with van der Waals surface area (Å²) in [6.07, 6.45) is -9.13. The first-order chi connectivity index (χ1) is 20.4. The van der Waals surface area contributed by atoms with Gasteiger partial charge in [-0.2, -0.15) is 0 Å². The van der Waals surface area contributed by atoms with Crippen molar-refractivity contribution in [2.75, 3.05) is 0 Å². The van der Waals surface area contributed by atoms with E-state index in [1.165, 1.54) is 49.4 Å². The fourth-order valence-electron chi connectivity index (χ4n) is 5.84. The highest BCUT2D eigenvalue weighted by Crippen LogP contribution is 2.53. The third-order valence-electron chi connectivity index (χ3n) is 8.14. The number of hydrogen-bond acceptors (Lipinski definition) is 13. The molecule has 43 heavy (non-hydrogen) atoms. The van der Waals surface area contributed by atoms with E-state index in [0.29, 0.717) is 16.7 Å². The Hall–Kier alpha value is -4.27. The van der Waals surface area contributed by atoms with Gasteiger partial charge in [-0.1, -0.05) is 12.1 Å². The first kappa shape index (κ1) is 28.8. The minimum Gasteiger partial charge on any atom is -0.507 e. The number of rotatable bonds is 4. The van der Waals surface area contributed by atoms with E-state index in [0.717, 1.165) is 0 Å². The smallest absolute Gasteiger partial charge is 0.312 e. The maximum atomic E-state index is 12.8. The second kappa shape index (κ2) is 10.8. The summed E-state index contributed by atoms with van der Waals surface area (Å²) in [4.78, 5) is 12.8. The Morgan fingerprint density at radius 1 is 0.767 bits per heavy atom. The summed E-state index contributed by atoms with van der Waals surface area (Å²) >= 11 is 0. The van der Waals surface area contributed by atoms with Gasteiger partial charge in [-0.25, -0.2) is 0 Å². The third kappa shape index (κ3) is 5.04. The molecule has 3 aliphatic rings. The number of phenolic OH excluding ortho intramolecular Hbond substituents is 5. The fraction of sp³-hybridized carbons (Fsp3) is 0.367. The van der Waals surface area contributed by atoms with Gasteiger partial charge < -0.3 is 59.8 Å². The van der Waals surface area contributed by atoms with Crippen molar-refractivity contribution in [1.29, 1.82) is 0 Å². The number of benzene rings is 3. The van der Waals surface area contributed by atoms with Gasteiger partial charge in [0, 0.05) is 29.5 Å². The second-order valence-corrected chi connectivity index (χ2v) is 10.9. The molecule has 8 unspecified atom stereocenters. The molecule has 0 saturated carbocycles. The van der Waals surface area contributed by atoms with Gasteiger partial charge in [0.25, 0.3) is 0 Å². The van der Waals surface area contributed by atoms with Crippen molar-refractivity contribution >= 4 is 5.97 Å². The number of aliphatic hydroxyl groups excluding tert-OH is 3. The van der Waals surface area contributed by atoms with Crippen LogP contribution < -0.4 is 9.47 Å². The zero-order valence-electron chi connectivity index (χ0n) is 22.7. The number of esters is 1. The predicted molar refractivity (Wildman–Crippen MR) is 144 cm³/mol. The van der Waals surface area contributed by atoms with Gasteiger partial charge in [-0.05, 0) is 42.3 Å². The molecule has 3 aromatic rings. The van der Waals surface area contributed by atoms with Crippen molar-refractivity contribution in [2.45, 2.75) is 68.6 Å². The number of ether oxygens (including phenoxy) is 4. The molecule has 3 aliphatic heterocycles. The van der Waals surface area contributed by atoms with Gasteiger partial charge in [0.05, 0.1) is 12.5 Å². The van der Waals surface area contributed by atoms with Gasteiger partial charge in [0.15, 0.2) is 35.4 Å². The van der Waals surface area contributed by atoms with Gasteiger partial charge in [-0.3, -0.25) is 4.79 Å². The van der Waals surface area contributed by atoms with Gasteiger partial charge in [-0.15, -0.1) is 0 Å². The number of carbonyl (C=O) groups excluding carboxylic acids is 1. The lowest BCUT2D eigenvalue weighted by molar-refractivity contribution is -0.310. The molecule has 8 N–H and O–H groups in total. The lowest BCUT2D eigenvalue weighted by Gasteiger charge is -2.43. The van der Waals surface area contributed by atoms with Crippen LogP contribution in [0.2, 0.25) is 0 Å². The van der Waals surface area contributed by atoms with Crippen LogP contribution in [0, 0.1) is 0 Å². The molecular formula is C30H30O13. The molecule has 13 nitrogen and oxygen atoms in total. The number of aliphatic hydroxyl groups is 3. The Morgan fingerprint density at radius 3 is 2.09 bits per heavy atom. The summed E-state index contributed by atoms with van der Waals surface area (Å²) in [7, 11) is 0. The summed E-state index contributed by atoms with van der Waals surface area (Å²) in [5.74, 6) is -3.06.